The maximum Gasteiger partial charge on any atom is 0.206 e. The molecule has 18 nitrogen and oxygen atoms in total. The molecule has 12 aromatic rings. The normalized spacial score (nSPS) is 16.8. The lowest BCUT2D eigenvalue weighted by molar-refractivity contribution is 0.148. The third-order valence-corrected chi connectivity index (χ3v) is 26.9. The number of anilines is 1. The Bertz CT molecular complexity index is 5420. The highest BCUT2D eigenvalue weighted by Gasteiger charge is 2.28. The van der Waals surface area contributed by atoms with Crippen molar-refractivity contribution in [2.24, 2.45) is 0 Å². The van der Waals surface area contributed by atoms with Gasteiger partial charge in [-0.1, -0.05) is 190 Å². The third-order valence-electron chi connectivity index (χ3n) is 26.9. The summed E-state index contributed by atoms with van der Waals surface area (Å²) >= 11 is 0. The number of fused-ring (bicyclic) bond motifs is 4. The molecule has 2 aliphatic heterocycles. The standard InChI is InChI=1S/C27H33N5.C26H31N5.2C26H32N4/c1-3-26-28-19-23-18-25(32(27(23)29-26)24-7-5-4-6-8-24)17-21-9-11-22(12-10-21)20-31-15-13-30(2)14-16-31;1-3-25-27-19-21-18-24(31(26(21)28-25)23-7-5-4-6-8-23)17-20-9-11-22(12-10-20)30-15-13-29(2)14-16-30;2*1-4-25-27-18-22-17-24(30(26(22)28-25)23-10-8-7-9-11-23)16-20-12-14-21(15-13-20)19-29(5-2)6-3/h1,9-12,18-19,24H,4-8,13-17,20H2,2H3;1,9-12,18-19,23H,4-8,13-17H2,2H3;2*1,12-15,17-18,23H,5-11,16,19H2,2-3H3. The van der Waals surface area contributed by atoms with Gasteiger partial charge in [0, 0.05) is 197 Å². The number of likely N-dealkylation sites (N-methyl/N-ethyl adjacent to an activating group) is 2. The SMILES string of the molecule is C#Cc1ncc2cc(Cc3ccc(CN(CC)CC)cc3)n(C3CCCCC3)c2n1.C#Cc1ncc2cc(Cc3ccc(CN(CC)CC)cc3)n(C3CCCCC3)c2n1.C#Cc1ncc2cc(Cc3ccc(CN4CCN(C)CC4)cc3)n(C3CCCCC3)c2n1.C#Cc1ncc2cc(Cc3ccc(N4CCN(C)CC4)cc3)n(C3CCCCC3)c2n1. The van der Waals surface area contributed by atoms with Gasteiger partial charge in [-0.2, -0.15) is 0 Å². The molecule has 6 aliphatic rings. The Kier molecular flexibility index (Phi) is 30.1. The summed E-state index contributed by atoms with van der Waals surface area (Å²) in [5.41, 5.74) is 20.1. The molecule has 0 radical (unpaired) electrons. The van der Waals surface area contributed by atoms with E-state index in [0.717, 1.165) is 168 Å². The van der Waals surface area contributed by atoms with Gasteiger partial charge in [0.2, 0.25) is 23.3 Å². The highest BCUT2D eigenvalue weighted by molar-refractivity contribution is 5.80. The van der Waals surface area contributed by atoms with E-state index in [1.165, 1.54) is 196 Å². The molecule has 2 saturated heterocycles. The van der Waals surface area contributed by atoms with Crippen molar-refractivity contribution in [3.63, 3.8) is 0 Å². The van der Waals surface area contributed by atoms with Gasteiger partial charge in [0.1, 0.15) is 22.6 Å². The van der Waals surface area contributed by atoms with Gasteiger partial charge in [0.05, 0.1) is 0 Å². The Balaban J connectivity index is 0.000000127. The summed E-state index contributed by atoms with van der Waals surface area (Å²) in [6, 6.07) is 47.6. The lowest BCUT2D eigenvalue weighted by atomic mass is 9.95. The fourth-order valence-electron chi connectivity index (χ4n) is 19.7. The number of hydrogen-bond donors (Lipinski definition) is 0. The second-order valence-electron chi connectivity index (χ2n) is 35.3. The van der Waals surface area contributed by atoms with E-state index in [-0.39, 0.29) is 0 Å². The largest absolute Gasteiger partial charge is 0.369 e. The van der Waals surface area contributed by atoms with Crippen LogP contribution in [0.15, 0.2) is 146 Å². The molecule has 0 N–H and O–H groups in total. The Labute approximate surface area is 731 Å². The maximum atomic E-state index is 5.60. The predicted molar refractivity (Wildman–Crippen MR) is 503 cm³/mol. The zero-order valence-electron chi connectivity index (χ0n) is 74.1. The van der Waals surface area contributed by atoms with Gasteiger partial charge in [-0.05, 0) is 191 Å². The molecule has 18 heteroatoms. The lowest BCUT2D eigenvalue weighted by Gasteiger charge is -2.34. The number of hydrogen-bond acceptors (Lipinski definition) is 14. The van der Waals surface area contributed by atoms with Crippen LogP contribution in [0.1, 0.15) is 265 Å². The minimum atomic E-state index is 0.477. The van der Waals surface area contributed by atoms with Crippen molar-refractivity contribution in [2.45, 2.75) is 226 Å². The number of nitrogens with zero attached hydrogens (tertiary/aromatic N) is 18. The molecule has 4 aromatic carbocycles. The number of terminal acetylenes is 4. The molecular weight excluding hydrogens is 1510 g/mol. The molecule has 0 atom stereocenters. The van der Waals surface area contributed by atoms with Crippen LogP contribution >= 0.6 is 0 Å². The summed E-state index contributed by atoms with van der Waals surface area (Å²) in [6.07, 6.45) is 58.9. The molecule has 18 rings (SSSR count). The fraction of sp³-hybridized carbons (Fsp3) is 0.467. The quantitative estimate of drug-likeness (QED) is 0.0561. The van der Waals surface area contributed by atoms with Crippen molar-refractivity contribution >= 4 is 49.8 Å². The topological polar surface area (TPSA) is 142 Å². The summed E-state index contributed by atoms with van der Waals surface area (Å²) in [5.74, 6) is 12.3. The molecule has 0 bridgehead atoms. The van der Waals surface area contributed by atoms with E-state index in [0.29, 0.717) is 47.5 Å². The molecule has 0 amide bonds. The minimum absolute atomic E-state index is 0.477. The molecule has 123 heavy (non-hydrogen) atoms. The van der Waals surface area contributed by atoms with E-state index in [2.05, 4.69) is 254 Å². The van der Waals surface area contributed by atoms with Gasteiger partial charge in [-0.15, -0.1) is 25.7 Å². The Morgan fingerprint density at radius 2 is 0.569 bits per heavy atom. The Morgan fingerprint density at radius 3 is 0.837 bits per heavy atom. The van der Waals surface area contributed by atoms with Crippen molar-refractivity contribution in [1.82, 2.24) is 82.6 Å². The van der Waals surface area contributed by atoms with Crippen LogP contribution in [0, 0.1) is 49.4 Å². The van der Waals surface area contributed by atoms with Crippen molar-refractivity contribution in [3.05, 3.63) is 231 Å². The predicted octanol–water partition coefficient (Wildman–Crippen LogP) is 19.2. The third kappa shape index (κ3) is 22.1. The van der Waals surface area contributed by atoms with Crippen molar-refractivity contribution in [2.75, 3.05) is 97.5 Å². The highest BCUT2D eigenvalue weighted by atomic mass is 15.3. The molecule has 4 saturated carbocycles. The van der Waals surface area contributed by atoms with E-state index in [1.807, 2.05) is 24.8 Å². The average molecular weight is 1640 g/mol. The molecule has 0 spiro atoms. The van der Waals surface area contributed by atoms with Crippen LogP contribution in [0.25, 0.3) is 44.1 Å². The zero-order valence-corrected chi connectivity index (χ0v) is 74.1. The van der Waals surface area contributed by atoms with Gasteiger partial charge in [0.25, 0.3) is 0 Å². The summed E-state index contributed by atoms with van der Waals surface area (Å²) in [4.78, 5) is 50.9. The van der Waals surface area contributed by atoms with Crippen LogP contribution < -0.4 is 4.90 Å². The summed E-state index contributed by atoms with van der Waals surface area (Å²) < 4.78 is 9.85. The molecule has 0 unspecified atom stereocenters. The van der Waals surface area contributed by atoms with E-state index >= 15 is 0 Å². The lowest BCUT2D eigenvalue weighted by Crippen LogP contribution is -2.44. The molecule has 8 aromatic heterocycles. The number of aromatic nitrogens is 12. The first-order valence-corrected chi connectivity index (χ1v) is 46.3. The molecule has 6 fully saturated rings. The van der Waals surface area contributed by atoms with Crippen molar-refractivity contribution < 1.29 is 0 Å². The van der Waals surface area contributed by atoms with Crippen LogP contribution in [0.2, 0.25) is 0 Å². The van der Waals surface area contributed by atoms with Gasteiger partial charge < -0.3 is 33.0 Å². The van der Waals surface area contributed by atoms with E-state index in [9.17, 15) is 0 Å². The second-order valence-corrected chi connectivity index (χ2v) is 35.3. The van der Waals surface area contributed by atoms with Crippen molar-refractivity contribution in [1.29, 1.82) is 0 Å². The van der Waals surface area contributed by atoms with Crippen LogP contribution in [0.4, 0.5) is 5.69 Å². The van der Waals surface area contributed by atoms with E-state index < -0.39 is 0 Å². The fourth-order valence-corrected chi connectivity index (χ4v) is 19.7. The number of rotatable bonds is 23. The first-order chi connectivity index (χ1) is 60.3. The van der Waals surface area contributed by atoms with E-state index in [1.54, 1.807) is 0 Å². The minimum Gasteiger partial charge on any atom is -0.369 e. The smallest absolute Gasteiger partial charge is 0.206 e. The van der Waals surface area contributed by atoms with Gasteiger partial charge in [0.15, 0.2) is 0 Å². The Hall–Kier alpha value is -10.8. The van der Waals surface area contributed by atoms with Crippen LogP contribution in [-0.2, 0) is 45.3 Å². The molecular formula is C105H128N18. The number of benzene rings is 4. The first kappa shape index (κ1) is 87.1. The van der Waals surface area contributed by atoms with E-state index in [4.69, 9.17) is 45.6 Å². The van der Waals surface area contributed by atoms with Gasteiger partial charge in [-0.3, -0.25) is 14.7 Å². The number of piperazine rings is 2. The molecule has 638 valence electrons. The Morgan fingerprint density at radius 1 is 0.317 bits per heavy atom. The van der Waals surface area contributed by atoms with Crippen molar-refractivity contribution in [3.8, 4) is 49.4 Å². The molecule has 4 aliphatic carbocycles. The first-order valence-electron chi connectivity index (χ1n) is 46.3. The van der Waals surface area contributed by atoms with Gasteiger partial charge in [-0.25, -0.2) is 39.9 Å². The zero-order chi connectivity index (χ0) is 85.0. The van der Waals surface area contributed by atoms with Crippen LogP contribution in [0.3, 0.4) is 0 Å². The van der Waals surface area contributed by atoms with Crippen LogP contribution in [-0.4, -0.2) is 175 Å². The van der Waals surface area contributed by atoms with Gasteiger partial charge >= 0.3 is 0 Å². The monoisotopic (exact) mass is 1640 g/mol. The summed E-state index contributed by atoms with van der Waals surface area (Å²) in [7, 11) is 4.40. The van der Waals surface area contributed by atoms with Crippen LogP contribution in [0.5, 0.6) is 0 Å². The highest BCUT2D eigenvalue weighted by Crippen LogP contribution is 2.39. The second kappa shape index (κ2) is 42.5. The summed E-state index contributed by atoms with van der Waals surface area (Å²) in [5, 5.41) is 4.37. The maximum absolute atomic E-state index is 5.60. The average Bonchev–Trinajstić information content (AvgIpc) is 1.64. The molecule has 10 heterocycles. The summed E-state index contributed by atoms with van der Waals surface area (Å²) in [6.45, 7) is 25.4.